The van der Waals surface area contributed by atoms with E-state index < -0.39 is 6.04 Å². The summed E-state index contributed by atoms with van der Waals surface area (Å²) in [5.41, 5.74) is 5.59. The molecule has 1 aromatic carbocycles. The molecule has 0 saturated carbocycles. The third-order valence-electron chi connectivity index (χ3n) is 4.25. The van der Waals surface area contributed by atoms with Crippen molar-refractivity contribution in [1.29, 1.82) is 0 Å². The second-order valence-electron chi connectivity index (χ2n) is 5.98. The van der Waals surface area contributed by atoms with Gasteiger partial charge in [-0.2, -0.15) is 0 Å². The minimum Gasteiger partial charge on any atom is -0.350 e. The number of carbonyl (C=O) groups excluding carboxylic acids is 2. The van der Waals surface area contributed by atoms with Crippen LogP contribution in [0.1, 0.15) is 18.3 Å². The Morgan fingerprint density at radius 2 is 1.96 bits per heavy atom. The van der Waals surface area contributed by atoms with Gasteiger partial charge in [0.2, 0.25) is 5.84 Å². The van der Waals surface area contributed by atoms with Crippen LogP contribution in [0.15, 0.2) is 47.5 Å². The molecule has 2 aromatic rings. The van der Waals surface area contributed by atoms with Crippen molar-refractivity contribution in [3.05, 3.63) is 53.9 Å². The standard InChI is InChI=1S/C18H21N5O2/c1-12-9-10-15(22(12)3)11-19-17(24)16-20-13(2)18(25)23(21-16)14-7-5-4-6-8-14/h4-10,13H,11H2,1-3H3,(H,19,24)(H,20,21)/t13-/m1/s1. The van der Waals surface area contributed by atoms with Crippen LogP contribution < -0.4 is 15.8 Å². The number of hydrogen-bond acceptors (Lipinski definition) is 4. The van der Waals surface area contributed by atoms with Crippen molar-refractivity contribution in [3.63, 3.8) is 0 Å². The highest BCUT2D eigenvalue weighted by atomic mass is 16.2. The number of hydrogen-bond donors (Lipinski definition) is 2. The number of rotatable bonds is 4. The molecule has 0 spiro atoms. The molecule has 25 heavy (non-hydrogen) atoms. The lowest BCUT2D eigenvalue weighted by Crippen LogP contribution is -2.58. The highest BCUT2D eigenvalue weighted by molar-refractivity contribution is 6.39. The number of aryl methyl sites for hydroxylation is 1. The summed E-state index contributed by atoms with van der Waals surface area (Å²) in [6.45, 7) is 4.06. The summed E-state index contributed by atoms with van der Waals surface area (Å²) in [6.07, 6.45) is 0. The number of hydrazine groups is 1. The molecular formula is C18H21N5O2. The highest BCUT2D eigenvalue weighted by Crippen LogP contribution is 2.16. The van der Waals surface area contributed by atoms with Gasteiger partial charge in [0.1, 0.15) is 6.04 Å². The summed E-state index contributed by atoms with van der Waals surface area (Å²) >= 11 is 0. The quantitative estimate of drug-likeness (QED) is 0.881. The molecule has 0 bridgehead atoms. The molecule has 1 aliphatic rings. The molecule has 1 aliphatic heterocycles. The Bertz CT molecular complexity index is 825. The van der Waals surface area contributed by atoms with Gasteiger partial charge in [-0.3, -0.25) is 15.0 Å². The van der Waals surface area contributed by atoms with Crippen LogP contribution in [-0.4, -0.2) is 28.3 Å². The third-order valence-corrected chi connectivity index (χ3v) is 4.25. The van der Waals surface area contributed by atoms with Crippen LogP contribution in [0, 0.1) is 6.92 Å². The number of para-hydroxylation sites is 1. The summed E-state index contributed by atoms with van der Waals surface area (Å²) in [4.78, 5) is 29.0. The number of aromatic nitrogens is 1. The number of benzene rings is 1. The summed E-state index contributed by atoms with van der Waals surface area (Å²) in [5, 5.41) is 4.20. The molecule has 0 unspecified atom stereocenters. The summed E-state index contributed by atoms with van der Waals surface area (Å²) in [7, 11) is 1.95. The molecular weight excluding hydrogens is 318 g/mol. The molecule has 7 nitrogen and oxygen atoms in total. The average molecular weight is 339 g/mol. The van der Waals surface area contributed by atoms with E-state index >= 15 is 0 Å². The number of aliphatic imine (C=N–C) groups is 1. The van der Waals surface area contributed by atoms with Gasteiger partial charge in [0.15, 0.2) is 0 Å². The Labute approximate surface area is 146 Å². The first-order valence-electron chi connectivity index (χ1n) is 8.10. The van der Waals surface area contributed by atoms with Crippen molar-refractivity contribution in [2.45, 2.75) is 26.4 Å². The van der Waals surface area contributed by atoms with Gasteiger partial charge < -0.3 is 9.88 Å². The van der Waals surface area contributed by atoms with Gasteiger partial charge in [-0.25, -0.2) is 10.0 Å². The minimum absolute atomic E-state index is 0.127. The second kappa shape index (κ2) is 6.80. The van der Waals surface area contributed by atoms with Crippen LogP contribution in [0.4, 0.5) is 5.69 Å². The lowest BCUT2D eigenvalue weighted by atomic mass is 10.2. The second-order valence-corrected chi connectivity index (χ2v) is 5.98. The summed E-state index contributed by atoms with van der Waals surface area (Å²) < 4.78 is 2.01. The van der Waals surface area contributed by atoms with Crippen molar-refractivity contribution in [2.75, 3.05) is 5.01 Å². The molecule has 2 N–H and O–H groups in total. The maximum absolute atomic E-state index is 12.5. The van der Waals surface area contributed by atoms with E-state index in [-0.39, 0.29) is 17.6 Å². The molecule has 1 atom stereocenters. The van der Waals surface area contributed by atoms with E-state index in [1.165, 1.54) is 5.01 Å². The fourth-order valence-electron chi connectivity index (χ4n) is 2.60. The maximum Gasteiger partial charge on any atom is 0.288 e. The van der Waals surface area contributed by atoms with Gasteiger partial charge >= 0.3 is 0 Å². The normalized spacial score (nSPS) is 17.1. The fourth-order valence-corrected chi connectivity index (χ4v) is 2.60. The Morgan fingerprint density at radius 1 is 1.24 bits per heavy atom. The minimum atomic E-state index is -0.625. The van der Waals surface area contributed by atoms with E-state index in [4.69, 9.17) is 0 Å². The lowest BCUT2D eigenvalue weighted by Gasteiger charge is -2.30. The summed E-state index contributed by atoms with van der Waals surface area (Å²) in [6, 6.07) is 12.5. The van der Waals surface area contributed by atoms with Gasteiger partial charge in [0, 0.05) is 18.4 Å². The molecule has 0 saturated heterocycles. The van der Waals surface area contributed by atoms with Crippen LogP contribution in [0.25, 0.3) is 0 Å². The molecule has 7 heteroatoms. The zero-order valence-electron chi connectivity index (χ0n) is 14.5. The number of anilines is 1. The first-order chi connectivity index (χ1) is 12.0. The molecule has 130 valence electrons. The van der Waals surface area contributed by atoms with Gasteiger partial charge in [0.05, 0.1) is 12.2 Å². The van der Waals surface area contributed by atoms with E-state index in [9.17, 15) is 9.59 Å². The Hall–Kier alpha value is -3.09. The first kappa shape index (κ1) is 16.8. The topological polar surface area (TPSA) is 78.7 Å². The lowest BCUT2D eigenvalue weighted by molar-refractivity contribution is -0.120. The van der Waals surface area contributed by atoms with E-state index in [0.717, 1.165) is 11.4 Å². The van der Waals surface area contributed by atoms with Crippen molar-refractivity contribution in [1.82, 2.24) is 15.3 Å². The molecule has 1 aromatic heterocycles. The first-order valence-corrected chi connectivity index (χ1v) is 8.10. The van der Waals surface area contributed by atoms with Crippen LogP contribution in [0.2, 0.25) is 0 Å². The van der Waals surface area contributed by atoms with Crippen LogP contribution >= 0.6 is 0 Å². The van der Waals surface area contributed by atoms with Crippen molar-refractivity contribution < 1.29 is 9.59 Å². The van der Waals surface area contributed by atoms with E-state index in [1.54, 1.807) is 19.1 Å². The van der Waals surface area contributed by atoms with Gasteiger partial charge in [0.25, 0.3) is 11.8 Å². The number of carbonyl (C=O) groups is 2. The number of amidine groups is 1. The SMILES string of the molecule is Cc1ccc(CNC(=O)C2=N[C@H](C)C(=O)N(c3ccccc3)N2)n1C. The van der Waals surface area contributed by atoms with E-state index in [2.05, 4.69) is 15.7 Å². The highest BCUT2D eigenvalue weighted by Gasteiger charge is 2.30. The molecule has 0 radical (unpaired) electrons. The van der Waals surface area contributed by atoms with Crippen LogP contribution in [0.5, 0.6) is 0 Å². The molecule has 3 rings (SSSR count). The van der Waals surface area contributed by atoms with E-state index in [0.29, 0.717) is 12.2 Å². The predicted molar refractivity (Wildman–Crippen MR) is 96.0 cm³/mol. The van der Waals surface area contributed by atoms with Crippen molar-refractivity contribution >= 4 is 23.3 Å². The third kappa shape index (κ3) is 3.40. The van der Waals surface area contributed by atoms with Gasteiger partial charge in [-0.1, -0.05) is 18.2 Å². The van der Waals surface area contributed by atoms with E-state index in [1.807, 2.05) is 48.9 Å². The molecule has 2 heterocycles. The zero-order chi connectivity index (χ0) is 18.0. The number of amides is 2. The number of nitrogens with zero attached hydrogens (tertiary/aromatic N) is 3. The van der Waals surface area contributed by atoms with Crippen LogP contribution in [-0.2, 0) is 23.2 Å². The predicted octanol–water partition coefficient (Wildman–Crippen LogP) is 1.29. The smallest absolute Gasteiger partial charge is 0.288 e. The largest absolute Gasteiger partial charge is 0.350 e. The van der Waals surface area contributed by atoms with Crippen LogP contribution in [0.3, 0.4) is 0 Å². The Morgan fingerprint density at radius 3 is 2.60 bits per heavy atom. The Balaban J connectivity index is 1.72. The van der Waals surface area contributed by atoms with Gasteiger partial charge in [-0.05, 0) is 38.1 Å². The molecule has 0 fully saturated rings. The summed E-state index contributed by atoms with van der Waals surface area (Å²) in [5.74, 6) is -0.429. The number of nitrogens with one attached hydrogen (secondary N) is 2. The van der Waals surface area contributed by atoms with Crippen molar-refractivity contribution in [2.24, 2.45) is 12.0 Å². The van der Waals surface area contributed by atoms with Crippen molar-refractivity contribution in [3.8, 4) is 0 Å². The van der Waals surface area contributed by atoms with Gasteiger partial charge in [-0.15, -0.1) is 0 Å². The fraction of sp³-hybridized carbons (Fsp3) is 0.278. The zero-order valence-corrected chi connectivity index (χ0v) is 14.5. The maximum atomic E-state index is 12.5. The molecule has 0 aliphatic carbocycles. The average Bonchev–Trinajstić information content (AvgIpc) is 2.94. The Kier molecular flexibility index (Phi) is 4.56. The monoisotopic (exact) mass is 339 g/mol. The molecule has 2 amide bonds.